The fourth-order valence-electron chi connectivity index (χ4n) is 2.95. The van der Waals surface area contributed by atoms with Crippen LogP contribution in [0.25, 0.3) is 5.69 Å². The van der Waals surface area contributed by atoms with E-state index in [4.69, 9.17) is 4.74 Å². The third-order valence-corrected chi connectivity index (χ3v) is 4.60. The van der Waals surface area contributed by atoms with E-state index < -0.39 is 47.4 Å². The molecule has 182 valence electrons. The molecule has 0 fully saturated rings. The van der Waals surface area contributed by atoms with Crippen LogP contribution in [-0.2, 0) is 22.3 Å². The molecule has 1 aromatic heterocycles. The highest BCUT2D eigenvalue weighted by atomic mass is 19.4. The lowest BCUT2D eigenvalue weighted by molar-refractivity contribution is -0.137. The lowest BCUT2D eigenvalue weighted by Crippen LogP contribution is -2.41. The Hall–Kier alpha value is -4.48. The zero-order valence-corrected chi connectivity index (χ0v) is 18.3. The van der Waals surface area contributed by atoms with Crippen molar-refractivity contribution < 1.29 is 32.3 Å². The highest BCUT2D eigenvalue weighted by molar-refractivity contribution is 5.96. The Bertz CT molecular complexity index is 1310. The Morgan fingerprint density at radius 2 is 1.74 bits per heavy atom. The molecule has 3 aromatic rings. The minimum Gasteiger partial charge on any atom is -0.451 e. The molecule has 35 heavy (non-hydrogen) atoms. The summed E-state index contributed by atoms with van der Waals surface area (Å²) < 4.78 is 44.8. The van der Waals surface area contributed by atoms with E-state index >= 15 is 0 Å². The average molecular weight is 488 g/mol. The molecule has 0 bridgehead atoms. The van der Waals surface area contributed by atoms with E-state index in [1.165, 1.54) is 13.0 Å². The number of ether oxygens (including phenoxy) is 1. The summed E-state index contributed by atoms with van der Waals surface area (Å²) in [6, 6.07) is 13.2. The largest absolute Gasteiger partial charge is 0.451 e. The fraction of sp³-hybridized carbons (Fsp3) is 0.174. The van der Waals surface area contributed by atoms with Gasteiger partial charge in [0.2, 0.25) is 11.1 Å². The molecular weight excluding hydrogens is 469 g/mol. The molecule has 3 amide bonds. The minimum atomic E-state index is -4.61. The van der Waals surface area contributed by atoms with Gasteiger partial charge in [0.15, 0.2) is 6.61 Å². The van der Waals surface area contributed by atoms with Gasteiger partial charge in [0.05, 0.1) is 11.3 Å². The summed E-state index contributed by atoms with van der Waals surface area (Å²) in [4.78, 5) is 48.2. The molecule has 9 nitrogen and oxygen atoms in total. The van der Waals surface area contributed by atoms with Crippen LogP contribution >= 0.6 is 0 Å². The van der Waals surface area contributed by atoms with Gasteiger partial charge < -0.3 is 10.1 Å². The van der Waals surface area contributed by atoms with Crippen molar-refractivity contribution in [3.63, 3.8) is 0 Å². The number of aryl methyl sites for hydroxylation is 1. The molecule has 0 radical (unpaired) electrons. The monoisotopic (exact) mass is 488 g/mol. The SMILES string of the molecule is Cc1cc(=O)c(C(=O)OCC(=O)NC(=O)NCc2ccccc2)nn1-c1cccc(C(F)(F)F)c1. The maximum absolute atomic E-state index is 13.0. The van der Waals surface area contributed by atoms with E-state index in [1.807, 2.05) is 5.32 Å². The Morgan fingerprint density at radius 1 is 1.03 bits per heavy atom. The van der Waals surface area contributed by atoms with Gasteiger partial charge in [0, 0.05) is 18.3 Å². The van der Waals surface area contributed by atoms with Crippen LogP contribution in [0, 0.1) is 6.92 Å². The van der Waals surface area contributed by atoms with Gasteiger partial charge in [-0.1, -0.05) is 36.4 Å². The molecule has 0 spiro atoms. The number of alkyl halides is 3. The number of hydrogen-bond donors (Lipinski definition) is 2. The summed E-state index contributed by atoms with van der Waals surface area (Å²) in [5.74, 6) is -2.25. The quantitative estimate of drug-likeness (QED) is 0.515. The number of nitrogens with one attached hydrogen (secondary N) is 2. The van der Waals surface area contributed by atoms with E-state index in [-0.39, 0.29) is 17.9 Å². The van der Waals surface area contributed by atoms with E-state index in [0.717, 1.165) is 34.5 Å². The van der Waals surface area contributed by atoms with Crippen LogP contribution in [-0.4, -0.2) is 34.3 Å². The van der Waals surface area contributed by atoms with Gasteiger partial charge in [-0.15, -0.1) is 0 Å². The van der Waals surface area contributed by atoms with E-state index in [1.54, 1.807) is 30.3 Å². The summed E-state index contributed by atoms with van der Waals surface area (Å²) in [6.07, 6.45) is -4.61. The summed E-state index contributed by atoms with van der Waals surface area (Å²) in [6.45, 7) is 0.684. The number of carbonyl (C=O) groups excluding carboxylic acids is 3. The number of carbonyl (C=O) groups is 3. The van der Waals surface area contributed by atoms with Crippen molar-refractivity contribution in [2.75, 3.05) is 6.61 Å². The number of nitrogens with zero attached hydrogens (tertiary/aromatic N) is 2. The smallest absolute Gasteiger partial charge is 0.416 e. The van der Waals surface area contributed by atoms with E-state index in [0.29, 0.717) is 0 Å². The molecule has 2 aromatic carbocycles. The van der Waals surface area contributed by atoms with Gasteiger partial charge in [-0.3, -0.25) is 14.9 Å². The number of aromatic nitrogens is 2. The number of esters is 1. The summed E-state index contributed by atoms with van der Waals surface area (Å²) >= 11 is 0. The molecule has 0 atom stereocenters. The van der Waals surface area contributed by atoms with E-state index in [2.05, 4.69) is 10.4 Å². The maximum atomic E-state index is 13.0. The number of amides is 3. The van der Waals surface area contributed by atoms with Crippen molar-refractivity contribution >= 4 is 17.9 Å². The van der Waals surface area contributed by atoms with Crippen LogP contribution in [0.1, 0.15) is 27.3 Å². The second-order valence-corrected chi connectivity index (χ2v) is 7.25. The summed E-state index contributed by atoms with van der Waals surface area (Å²) in [5, 5.41) is 8.23. The Morgan fingerprint density at radius 3 is 2.43 bits per heavy atom. The molecule has 0 aliphatic rings. The third-order valence-electron chi connectivity index (χ3n) is 4.60. The first-order valence-corrected chi connectivity index (χ1v) is 10.1. The van der Waals surface area contributed by atoms with Gasteiger partial charge in [-0.05, 0) is 30.7 Å². The number of halogens is 3. The predicted octanol–water partition coefficient (Wildman–Crippen LogP) is 2.74. The van der Waals surface area contributed by atoms with Crippen LogP contribution in [0.15, 0.2) is 65.5 Å². The first-order valence-electron chi connectivity index (χ1n) is 10.1. The van der Waals surface area contributed by atoms with Gasteiger partial charge >= 0.3 is 18.2 Å². The topological polar surface area (TPSA) is 119 Å². The first kappa shape index (κ1) is 25.1. The van der Waals surface area contributed by atoms with Crippen LogP contribution in [0.5, 0.6) is 0 Å². The number of rotatable bonds is 6. The van der Waals surface area contributed by atoms with Gasteiger partial charge in [0.1, 0.15) is 0 Å². The minimum absolute atomic E-state index is 0.0424. The van der Waals surface area contributed by atoms with Crippen molar-refractivity contribution in [1.29, 1.82) is 0 Å². The normalized spacial score (nSPS) is 11.0. The number of benzene rings is 2. The van der Waals surface area contributed by atoms with Gasteiger partial charge in [-0.25, -0.2) is 14.3 Å². The lowest BCUT2D eigenvalue weighted by atomic mass is 10.2. The molecule has 0 aliphatic carbocycles. The van der Waals surface area contributed by atoms with Crippen LogP contribution in [0.4, 0.5) is 18.0 Å². The first-order chi connectivity index (χ1) is 16.5. The Kier molecular flexibility index (Phi) is 7.64. The molecular formula is C23H19F3N4O5. The number of imide groups is 1. The molecule has 0 aliphatic heterocycles. The molecule has 2 N–H and O–H groups in total. The number of hydrogen-bond acceptors (Lipinski definition) is 6. The second-order valence-electron chi connectivity index (χ2n) is 7.25. The fourth-order valence-corrected chi connectivity index (χ4v) is 2.95. The van der Waals surface area contributed by atoms with Crippen molar-refractivity contribution in [2.24, 2.45) is 0 Å². The van der Waals surface area contributed by atoms with E-state index in [9.17, 15) is 32.3 Å². The third kappa shape index (κ3) is 6.76. The summed E-state index contributed by atoms with van der Waals surface area (Å²) in [5.41, 5.74) is -1.62. The lowest BCUT2D eigenvalue weighted by Gasteiger charge is -2.13. The maximum Gasteiger partial charge on any atom is 0.416 e. The molecule has 0 saturated carbocycles. The van der Waals surface area contributed by atoms with Crippen molar-refractivity contribution in [1.82, 2.24) is 20.4 Å². The second kappa shape index (κ2) is 10.6. The van der Waals surface area contributed by atoms with Crippen molar-refractivity contribution in [3.8, 4) is 5.69 Å². The summed E-state index contributed by atoms with van der Waals surface area (Å²) in [7, 11) is 0. The average Bonchev–Trinajstić information content (AvgIpc) is 2.81. The highest BCUT2D eigenvalue weighted by Crippen LogP contribution is 2.30. The molecule has 1 heterocycles. The van der Waals surface area contributed by atoms with Crippen LogP contribution in [0.2, 0.25) is 0 Å². The highest BCUT2D eigenvalue weighted by Gasteiger charge is 2.30. The molecule has 3 rings (SSSR count). The van der Waals surface area contributed by atoms with Crippen molar-refractivity contribution in [3.05, 3.63) is 93.4 Å². The Balaban J connectivity index is 1.65. The zero-order chi connectivity index (χ0) is 25.6. The Labute approximate surface area is 196 Å². The van der Waals surface area contributed by atoms with Crippen LogP contribution in [0.3, 0.4) is 0 Å². The zero-order valence-electron chi connectivity index (χ0n) is 18.3. The van der Waals surface area contributed by atoms with Gasteiger partial charge in [-0.2, -0.15) is 18.3 Å². The molecule has 0 saturated heterocycles. The van der Waals surface area contributed by atoms with Crippen molar-refractivity contribution in [2.45, 2.75) is 19.6 Å². The predicted molar refractivity (Wildman–Crippen MR) is 117 cm³/mol. The molecule has 12 heteroatoms. The number of urea groups is 1. The van der Waals surface area contributed by atoms with Gasteiger partial charge in [0.25, 0.3) is 5.91 Å². The molecule has 0 unspecified atom stereocenters. The standard InChI is InChI=1S/C23H19F3N4O5/c1-14-10-18(31)20(29-30(14)17-9-5-8-16(11-17)23(24,25)26)21(33)35-13-19(32)28-22(34)27-12-15-6-3-2-4-7-15/h2-11H,12-13H2,1H3,(H2,27,28,32,34). The van der Waals surface area contributed by atoms with Crippen LogP contribution < -0.4 is 16.1 Å².